The molecule has 7 aromatic rings. The standard InChI is InChI=1S/C57H63Cl2FN10O8S/c1-32-43-33(2)47(59)48(46(32)58)75-40(28-70-22-20-69(9)21-23-70)30-73-39-14-15-41(74-29-38-16-17-61-50(68-38)36-26-64-54(65-27-36)62-18-19-63-55(72)78-57(6,7)8)35(24-39)25-42(53(71)77-56(3,4)5)76-51-45-44(43)49(79-52(45)67-31-66-51)34-10-12-37(60)13-11-34/h10-17,24,26-27,31,40,42H,18-23,25,28-30H2,1-9H3,(H,63,72)(H,62,64,65)/t40-,42-/m1/s1. The van der Waals surface area contributed by atoms with Gasteiger partial charge in [-0.05, 0) is 121 Å². The first-order valence-corrected chi connectivity index (χ1v) is 27.5. The third-order valence-electron chi connectivity index (χ3n) is 12.8. The Balaban J connectivity index is 1.08. The lowest BCUT2D eigenvalue weighted by Crippen LogP contribution is -2.49. The van der Waals surface area contributed by atoms with Crippen LogP contribution < -0.4 is 29.6 Å². The van der Waals surface area contributed by atoms with E-state index in [9.17, 15) is 14.0 Å². The number of aromatic nitrogens is 6. The van der Waals surface area contributed by atoms with E-state index in [2.05, 4.69) is 42.4 Å². The molecule has 7 heterocycles. The zero-order valence-electron chi connectivity index (χ0n) is 45.5. The number of thiophene rings is 1. The topological polar surface area (TPSA) is 197 Å². The fourth-order valence-corrected chi connectivity index (χ4v) is 10.7. The normalized spacial score (nSPS) is 16.3. The molecule has 0 radical (unpaired) electrons. The summed E-state index contributed by atoms with van der Waals surface area (Å²) in [7, 11) is 2.10. The van der Waals surface area contributed by atoms with Crippen LogP contribution >= 0.6 is 34.5 Å². The first-order valence-electron chi connectivity index (χ1n) is 25.9. The number of alkyl carbamates (subject to hydrolysis) is 1. The van der Waals surface area contributed by atoms with Gasteiger partial charge in [0, 0.05) is 86.8 Å². The predicted molar refractivity (Wildman–Crippen MR) is 302 cm³/mol. The van der Waals surface area contributed by atoms with Gasteiger partial charge in [0.05, 0.1) is 26.7 Å². The molecule has 22 heteroatoms. The van der Waals surface area contributed by atoms with Crippen LogP contribution in [-0.4, -0.2) is 135 Å². The lowest BCUT2D eigenvalue weighted by atomic mass is 9.92. The molecule has 2 N–H and O–H groups in total. The maximum Gasteiger partial charge on any atom is 0.407 e. The van der Waals surface area contributed by atoms with Gasteiger partial charge >= 0.3 is 12.1 Å². The number of esters is 1. The Labute approximate surface area is 472 Å². The SMILES string of the molecule is Cc1c(Cl)c2c(Cl)c(C)c1-c1c(-c3ccc(F)cc3)sc3ncnc(c13)O[C@@H](C(=O)OC(C)(C)C)Cc1cc(ccc1OCc1ccnc(-c3cnc(NCCNC(=O)OC(C)(C)C)nc3)n1)OC[C@@H](CN1CCN(C)CC1)O2. The second kappa shape index (κ2) is 24.2. The highest BCUT2D eigenvalue weighted by molar-refractivity contribution is 7.22. The molecule has 79 heavy (non-hydrogen) atoms. The molecule has 1 fully saturated rings. The van der Waals surface area contributed by atoms with E-state index in [1.807, 2.05) is 19.9 Å². The third kappa shape index (κ3) is 14.1. The van der Waals surface area contributed by atoms with Crippen molar-refractivity contribution in [3.05, 3.63) is 112 Å². The molecule has 4 aromatic heterocycles. The fraction of sp³-hybridized carbons (Fsp3) is 0.404. The number of fused-ring (bicyclic) bond motifs is 7. The number of piperazine rings is 1. The molecule has 0 aliphatic carbocycles. The zero-order valence-corrected chi connectivity index (χ0v) is 47.9. The molecule has 2 atom stereocenters. The smallest absolute Gasteiger partial charge is 0.407 e. The molecule has 0 unspecified atom stereocenters. The molecule has 1 amide bonds. The number of halogens is 3. The largest absolute Gasteiger partial charge is 0.490 e. The summed E-state index contributed by atoms with van der Waals surface area (Å²) < 4.78 is 52.9. The Kier molecular flexibility index (Phi) is 17.4. The van der Waals surface area contributed by atoms with Crippen LogP contribution in [0.15, 0.2) is 73.4 Å². The van der Waals surface area contributed by atoms with Crippen molar-refractivity contribution in [2.75, 3.05) is 64.8 Å². The second-order valence-electron chi connectivity index (χ2n) is 21.3. The van der Waals surface area contributed by atoms with Crippen LogP contribution in [0.1, 0.15) is 63.9 Å². The van der Waals surface area contributed by atoms with Crippen molar-refractivity contribution in [1.29, 1.82) is 0 Å². The molecular formula is C57H63Cl2FN10O8S. The van der Waals surface area contributed by atoms with E-state index in [0.29, 0.717) is 114 Å². The maximum atomic E-state index is 14.6. The minimum atomic E-state index is -1.30. The number of ether oxygens (including phenoxy) is 6. The van der Waals surface area contributed by atoms with Crippen LogP contribution in [0, 0.1) is 19.7 Å². The molecular weight excluding hydrogens is 1070 g/mol. The minimum Gasteiger partial charge on any atom is -0.490 e. The molecule has 0 spiro atoms. The summed E-state index contributed by atoms with van der Waals surface area (Å²) in [5, 5.41) is 6.86. The first-order chi connectivity index (χ1) is 37.7. The average Bonchev–Trinajstić information content (AvgIpc) is 4.08. The van der Waals surface area contributed by atoms with Crippen molar-refractivity contribution in [1.82, 2.24) is 45.0 Å². The molecule has 18 nitrogen and oxygen atoms in total. The Bertz CT molecular complexity index is 3300. The van der Waals surface area contributed by atoms with Crippen molar-refractivity contribution in [3.8, 4) is 56.1 Å². The van der Waals surface area contributed by atoms with Gasteiger partial charge in [-0.1, -0.05) is 35.3 Å². The monoisotopic (exact) mass is 1140 g/mol. The van der Waals surface area contributed by atoms with Crippen molar-refractivity contribution in [2.24, 2.45) is 0 Å². The molecule has 3 aromatic carbocycles. The van der Waals surface area contributed by atoms with Gasteiger partial charge in [-0.25, -0.2) is 43.9 Å². The highest BCUT2D eigenvalue weighted by atomic mass is 35.5. The summed E-state index contributed by atoms with van der Waals surface area (Å²) in [5.74, 6) is 0.960. The van der Waals surface area contributed by atoms with Crippen LogP contribution in [0.5, 0.6) is 23.1 Å². The van der Waals surface area contributed by atoms with Crippen LogP contribution in [0.4, 0.5) is 15.1 Å². The maximum absolute atomic E-state index is 14.6. The number of nitrogens with one attached hydrogen (secondary N) is 2. The van der Waals surface area contributed by atoms with Gasteiger partial charge < -0.3 is 44.0 Å². The van der Waals surface area contributed by atoms with Crippen molar-refractivity contribution < 1.29 is 42.4 Å². The zero-order chi connectivity index (χ0) is 56.2. The highest BCUT2D eigenvalue weighted by Crippen LogP contribution is 2.53. The number of hydrogen-bond donors (Lipinski definition) is 2. The molecule has 0 saturated carbocycles. The van der Waals surface area contributed by atoms with Crippen LogP contribution in [0.25, 0.3) is 43.2 Å². The third-order valence-corrected chi connectivity index (χ3v) is 14.9. The second-order valence-corrected chi connectivity index (χ2v) is 23.1. The van der Waals surface area contributed by atoms with E-state index in [-0.39, 0.29) is 25.5 Å². The van der Waals surface area contributed by atoms with E-state index >= 15 is 0 Å². The number of carbonyl (C=O) groups excluding carboxylic acids is 2. The van der Waals surface area contributed by atoms with E-state index in [0.717, 1.165) is 31.1 Å². The first kappa shape index (κ1) is 56.7. The van der Waals surface area contributed by atoms with E-state index in [1.54, 1.807) is 90.5 Å². The van der Waals surface area contributed by atoms with E-state index in [1.165, 1.54) is 29.8 Å². The van der Waals surface area contributed by atoms with E-state index in [4.69, 9.17) is 66.6 Å². The molecule has 416 valence electrons. The number of amides is 1. The number of hydrogen-bond acceptors (Lipinski definition) is 18. The van der Waals surface area contributed by atoms with E-state index < -0.39 is 41.3 Å². The number of benzene rings is 3. The summed E-state index contributed by atoms with van der Waals surface area (Å²) in [6.07, 6.45) is 3.77. The lowest BCUT2D eigenvalue weighted by Gasteiger charge is -2.35. The predicted octanol–water partition coefficient (Wildman–Crippen LogP) is 10.6. The van der Waals surface area contributed by atoms with Crippen LogP contribution in [0.2, 0.25) is 10.0 Å². The summed E-state index contributed by atoms with van der Waals surface area (Å²) in [5.41, 5.74) is 3.48. The number of carbonyl (C=O) groups is 2. The Morgan fingerprint density at radius 2 is 1.54 bits per heavy atom. The van der Waals surface area contributed by atoms with Crippen molar-refractivity contribution in [2.45, 2.75) is 91.8 Å². The lowest BCUT2D eigenvalue weighted by molar-refractivity contribution is -0.163. The van der Waals surface area contributed by atoms with Gasteiger partial charge in [0.2, 0.25) is 17.9 Å². The van der Waals surface area contributed by atoms with Gasteiger partial charge in [0.1, 0.15) is 59.0 Å². The number of anilines is 1. The average molecular weight is 1140 g/mol. The van der Waals surface area contributed by atoms with Crippen molar-refractivity contribution >= 4 is 62.8 Å². The molecule has 3 aliphatic rings. The molecule has 4 bridgehead atoms. The molecule has 3 aliphatic heterocycles. The van der Waals surface area contributed by atoms with Gasteiger partial charge in [0.25, 0.3) is 0 Å². The number of nitrogens with zero attached hydrogens (tertiary/aromatic N) is 8. The van der Waals surface area contributed by atoms with Gasteiger partial charge in [-0.3, -0.25) is 4.90 Å². The summed E-state index contributed by atoms with van der Waals surface area (Å²) in [6.45, 7) is 19.2. The van der Waals surface area contributed by atoms with Gasteiger partial charge in [-0.2, -0.15) is 0 Å². The van der Waals surface area contributed by atoms with Crippen LogP contribution in [-0.2, 0) is 27.3 Å². The Morgan fingerprint density at radius 3 is 2.24 bits per heavy atom. The summed E-state index contributed by atoms with van der Waals surface area (Å²) in [6, 6.07) is 13.3. The summed E-state index contributed by atoms with van der Waals surface area (Å²) in [4.78, 5) is 60.1. The quantitative estimate of drug-likeness (QED) is 0.0864. The van der Waals surface area contributed by atoms with Gasteiger partial charge in [0.15, 0.2) is 11.6 Å². The number of likely N-dealkylation sites (N-methyl/N-ethyl adjacent to an activating group) is 1. The molecule has 1 saturated heterocycles. The van der Waals surface area contributed by atoms with Crippen LogP contribution in [0.3, 0.4) is 0 Å². The number of rotatable bonds is 12. The summed E-state index contributed by atoms with van der Waals surface area (Å²) >= 11 is 16.2. The van der Waals surface area contributed by atoms with Gasteiger partial charge in [-0.15, -0.1) is 11.3 Å². The Morgan fingerprint density at radius 1 is 0.835 bits per heavy atom. The minimum absolute atomic E-state index is 0.00116. The highest BCUT2D eigenvalue weighted by Gasteiger charge is 2.34. The Hall–Kier alpha value is -6.97. The fourth-order valence-electron chi connectivity index (χ4n) is 9.03. The molecule has 10 rings (SSSR count). The van der Waals surface area contributed by atoms with Crippen molar-refractivity contribution in [3.63, 3.8) is 0 Å².